The summed E-state index contributed by atoms with van der Waals surface area (Å²) in [6, 6.07) is 15.0. The quantitative estimate of drug-likeness (QED) is 0.772. The SMILES string of the molecule is O=C(NCCOc1ccccc1)c1cc(Br)cc(Br)c1. The second-order valence-corrected chi connectivity index (χ2v) is 5.91. The molecule has 0 saturated carbocycles. The van der Waals surface area contributed by atoms with Gasteiger partial charge in [0.15, 0.2) is 0 Å². The molecule has 5 heteroatoms. The second-order valence-electron chi connectivity index (χ2n) is 4.08. The number of amides is 1. The van der Waals surface area contributed by atoms with Crippen LogP contribution in [0.25, 0.3) is 0 Å². The van der Waals surface area contributed by atoms with Crippen LogP contribution in [0.3, 0.4) is 0 Å². The normalized spacial score (nSPS) is 10.1. The highest BCUT2D eigenvalue weighted by atomic mass is 79.9. The lowest BCUT2D eigenvalue weighted by atomic mass is 10.2. The highest BCUT2D eigenvalue weighted by Gasteiger charge is 2.06. The standard InChI is InChI=1S/C15H13Br2NO2/c16-12-8-11(9-13(17)10-12)15(19)18-6-7-20-14-4-2-1-3-5-14/h1-5,8-10H,6-7H2,(H,18,19). The number of benzene rings is 2. The minimum absolute atomic E-state index is 0.122. The minimum atomic E-state index is -0.122. The Hall–Kier alpha value is -1.33. The molecule has 0 radical (unpaired) electrons. The van der Waals surface area contributed by atoms with Crippen molar-refractivity contribution in [3.63, 3.8) is 0 Å². The minimum Gasteiger partial charge on any atom is -0.492 e. The third-order valence-corrected chi connectivity index (χ3v) is 3.44. The molecular weight excluding hydrogens is 386 g/mol. The first-order valence-electron chi connectivity index (χ1n) is 6.07. The molecule has 0 aliphatic carbocycles. The van der Waals surface area contributed by atoms with Gasteiger partial charge in [-0.1, -0.05) is 50.1 Å². The lowest BCUT2D eigenvalue weighted by molar-refractivity contribution is 0.0947. The first-order chi connectivity index (χ1) is 9.65. The van der Waals surface area contributed by atoms with Gasteiger partial charge in [-0.25, -0.2) is 0 Å². The molecule has 0 fully saturated rings. The van der Waals surface area contributed by atoms with E-state index in [4.69, 9.17) is 4.74 Å². The summed E-state index contributed by atoms with van der Waals surface area (Å²) in [6.07, 6.45) is 0. The summed E-state index contributed by atoms with van der Waals surface area (Å²) in [5, 5.41) is 2.82. The molecule has 0 spiro atoms. The maximum Gasteiger partial charge on any atom is 0.251 e. The van der Waals surface area contributed by atoms with Crippen LogP contribution >= 0.6 is 31.9 Å². The zero-order chi connectivity index (χ0) is 14.4. The lowest BCUT2D eigenvalue weighted by Crippen LogP contribution is -2.28. The van der Waals surface area contributed by atoms with E-state index in [9.17, 15) is 4.79 Å². The number of para-hydroxylation sites is 1. The van der Waals surface area contributed by atoms with Crippen LogP contribution in [0.1, 0.15) is 10.4 Å². The van der Waals surface area contributed by atoms with Gasteiger partial charge in [0.2, 0.25) is 0 Å². The van der Waals surface area contributed by atoms with E-state index >= 15 is 0 Å². The summed E-state index contributed by atoms with van der Waals surface area (Å²) in [5.74, 6) is 0.676. The van der Waals surface area contributed by atoms with Crippen molar-refractivity contribution < 1.29 is 9.53 Å². The molecule has 1 N–H and O–H groups in total. The summed E-state index contributed by atoms with van der Waals surface area (Å²) < 4.78 is 7.22. The number of ether oxygens (including phenoxy) is 1. The van der Waals surface area contributed by atoms with Crippen molar-refractivity contribution in [2.75, 3.05) is 13.2 Å². The molecule has 0 bridgehead atoms. The van der Waals surface area contributed by atoms with Crippen molar-refractivity contribution >= 4 is 37.8 Å². The third kappa shape index (κ3) is 4.65. The van der Waals surface area contributed by atoms with Crippen LogP contribution in [0, 0.1) is 0 Å². The van der Waals surface area contributed by atoms with E-state index in [-0.39, 0.29) is 5.91 Å². The van der Waals surface area contributed by atoms with Crippen molar-refractivity contribution in [3.05, 3.63) is 63.0 Å². The van der Waals surface area contributed by atoms with Crippen LogP contribution in [-0.2, 0) is 0 Å². The van der Waals surface area contributed by atoms with E-state index in [0.29, 0.717) is 18.7 Å². The molecule has 0 aliphatic rings. The highest BCUT2D eigenvalue weighted by molar-refractivity contribution is 9.11. The second kappa shape index (κ2) is 7.45. The number of rotatable bonds is 5. The first-order valence-corrected chi connectivity index (χ1v) is 7.66. The third-order valence-electron chi connectivity index (χ3n) is 2.52. The maximum absolute atomic E-state index is 12.0. The molecule has 3 nitrogen and oxygen atoms in total. The Morgan fingerprint density at radius 3 is 2.35 bits per heavy atom. The van der Waals surface area contributed by atoms with Crippen LogP contribution < -0.4 is 10.1 Å². The summed E-state index contributed by atoms with van der Waals surface area (Å²) >= 11 is 6.72. The highest BCUT2D eigenvalue weighted by Crippen LogP contribution is 2.19. The molecule has 0 unspecified atom stereocenters. The molecule has 2 aromatic carbocycles. The number of hydrogen-bond donors (Lipinski definition) is 1. The van der Waals surface area contributed by atoms with Crippen LogP contribution in [-0.4, -0.2) is 19.1 Å². The van der Waals surface area contributed by atoms with Gasteiger partial charge in [0.25, 0.3) is 5.91 Å². The van der Waals surface area contributed by atoms with E-state index in [1.165, 1.54) is 0 Å². The summed E-state index contributed by atoms with van der Waals surface area (Å²) in [7, 11) is 0. The molecule has 0 aromatic heterocycles. The van der Waals surface area contributed by atoms with Gasteiger partial charge in [-0.3, -0.25) is 4.79 Å². The van der Waals surface area contributed by atoms with Crippen LogP contribution in [0.4, 0.5) is 0 Å². The largest absolute Gasteiger partial charge is 0.492 e. The summed E-state index contributed by atoms with van der Waals surface area (Å²) in [4.78, 5) is 12.0. The number of nitrogens with one attached hydrogen (secondary N) is 1. The molecule has 0 atom stereocenters. The Morgan fingerprint density at radius 2 is 1.70 bits per heavy atom. The van der Waals surface area contributed by atoms with Gasteiger partial charge in [0, 0.05) is 14.5 Å². The van der Waals surface area contributed by atoms with Gasteiger partial charge >= 0.3 is 0 Å². The van der Waals surface area contributed by atoms with E-state index < -0.39 is 0 Å². The lowest BCUT2D eigenvalue weighted by Gasteiger charge is -2.08. The molecule has 0 saturated heterocycles. The predicted octanol–water partition coefficient (Wildman–Crippen LogP) is 4.02. The van der Waals surface area contributed by atoms with Crippen molar-refractivity contribution in [1.82, 2.24) is 5.32 Å². The monoisotopic (exact) mass is 397 g/mol. The Balaban J connectivity index is 1.80. The van der Waals surface area contributed by atoms with Crippen LogP contribution in [0.15, 0.2) is 57.5 Å². The van der Waals surface area contributed by atoms with Crippen molar-refractivity contribution in [1.29, 1.82) is 0 Å². The van der Waals surface area contributed by atoms with Gasteiger partial charge in [0.1, 0.15) is 12.4 Å². The van der Waals surface area contributed by atoms with Gasteiger partial charge in [-0.15, -0.1) is 0 Å². The van der Waals surface area contributed by atoms with E-state index in [1.807, 2.05) is 36.4 Å². The molecule has 0 heterocycles. The molecule has 20 heavy (non-hydrogen) atoms. The number of halogens is 2. The van der Waals surface area contributed by atoms with Crippen LogP contribution in [0.2, 0.25) is 0 Å². The molecule has 2 rings (SSSR count). The fourth-order valence-electron chi connectivity index (χ4n) is 1.64. The van der Waals surface area contributed by atoms with Crippen LogP contribution in [0.5, 0.6) is 5.75 Å². The average molecular weight is 399 g/mol. The van der Waals surface area contributed by atoms with Gasteiger partial charge in [0.05, 0.1) is 6.54 Å². The van der Waals surface area contributed by atoms with Gasteiger partial charge in [-0.2, -0.15) is 0 Å². The van der Waals surface area contributed by atoms with Crippen molar-refractivity contribution in [2.45, 2.75) is 0 Å². The fraction of sp³-hybridized carbons (Fsp3) is 0.133. The predicted molar refractivity (Wildman–Crippen MR) is 86.1 cm³/mol. The Morgan fingerprint density at radius 1 is 1.05 bits per heavy atom. The fourth-order valence-corrected chi connectivity index (χ4v) is 2.93. The van der Waals surface area contributed by atoms with Crippen molar-refractivity contribution in [3.8, 4) is 5.75 Å². The van der Waals surface area contributed by atoms with Gasteiger partial charge in [-0.05, 0) is 30.3 Å². The Kier molecular flexibility index (Phi) is 5.61. The van der Waals surface area contributed by atoms with E-state index in [0.717, 1.165) is 14.7 Å². The Bertz CT molecular complexity index is 567. The Labute approximate surface area is 134 Å². The smallest absolute Gasteiger partial charge is 0.251 e. The number of carbonyl (C=O) groups is 1. The van der Waals surface area contributed by atoms with E-state index in [1.54, 1.807) is 12.1 Å². The maximum atomic E-state index is 12.0. The van der Waals surface area contributed by atoms with Gasteiger partial charge < -0.3 is 10.1 Å². The summed E-state index contributed by atoms with van der Waals surface area (Å²) in [6.45, 7) is 0.892. The molecular formula is C15H13Br2NO2. The average Bonchev–Trinajstić information content (AvgIpc) is 2.43. The zero-order valence-electron chi connectivity index (χ0n) is 10.6. The van der Waals surface area contributed by atoms with E-state index in [2.05, 4.69) is 37.2 Å². The molecule has 2 aromatic rings. The topological polar surface area (TPSA) is 38.3 Å². The summed E-state index contributed by atoms with van der Waals surface area (Å²) in [5.41, 5.74) is 0.603. The van der Waals surface area contributed by atoms with Crippen molar-refractivity contribution in [2.24, 2.45) is 0 Å². The number of hydrogen-bond acceptors (Lipinski definition) is 2. The molecule has 0 aliphatic heterocycles. The molecule has 1 amide bonds. The first kappa shape index (κ1) is 15.1. The molecule has 104 valence electrons. The number of carbonyl (C=O) groups excluding carboxylic acids is 1. The zero-order valence-corrected chi connectivity index (χ0v) is 13.8.